The van der Waals surface area contributed by atoms with E-state index in [9.17, 15) is 0 Å². The van der Waals surface area contributed by atoms with Gasteiger partial charge in [0.2, 0.25) is 0 Å². The molecular formula is C15H20N4. The van der Waals surface area contributed by atoms with Gasteiger partial charge >= 0.3 is 0 Å². The van der Waals surface area contributed by atoms with E-state index in [1.165, 1.54) is 24.0 Å². The van der Waals surface area contributed by atoms with Crippen LogP contribution in [0.1, 0.15) is 29.7 Å². The van der Waals surface area contributed by atoms with Gasteiger partial charge in [0, 0.05) is 31.6 Å². The first-order chi connectivity index (χ1) is 9.23. The molecule has 1 aromatic heterocycles. The van der Waals surface area contributed by atoms with E-state index in [1.807, 2.05) is 13.2 Å². The molecule has 2 aromatic rings. The number of hydrogen-bond acceptors (Lipinski definition) is 3. The van der Waals surface area contributed by atoms with Crippen molar-refractivity contribution in [3.05, 3.63) is 47.3 Å². The minimum Gasteiger partial charge on any atom is -0.330 e. The van der Waals surface area contributed by atoms with Gasteiger partial charge in [0.25, 0.3) is 0 Å². The highest BCUT2D eigenvalue weighted by atomic mass is 15.4. The fourth-order valence-corrected chi connectivity index (χ4v) is 3.30. The molecule has 0 fully saturated rings. The second-order valence-corrected chi connectivity index (χ2v) is 5.56. The maximum atomic E-state index is 6.15. The number of fused-ring (bicyclic) bond motifs is 1. The maximum Gasteiger partial charge on any atom is 0.0836 e. The van der Waals surface area contributed by atoms with Crippen LogP contribution in [0.5, 0.6) is 0 Å². The van der Waals surface area contributed by atoms with E-state index in [2.05, 4.69) is 34.6 Å². The fourth-order valence-electron chi connectivity index (χ4n) is 3.30. The Balaban J connectivity index is 2.00. The van der Waals surface area contributed by atoms with Gasteiger partial charge in [-0.3, -0.25) is 4.68 Å². The summed E-state index contributed by atoms with van der Waals surface area (Å²) < 4.78 is 1.76. The molecule has 0 spiro atoms. The van der Waals surface area contributed by atoms with Crippen molar-refractivity contribution in [2.45, 2.75) is 31.1 Å². The van der Waals surface area contributed by atoms with Gasteiger partial charge in [-0.15, -0.1) is 5.10 Å². The molecular weight excluding hydrogens is 236 g/mol. The smallest absolute Gasteiger partial charge is 0.0836 e. The molecule has 0 saturated carbocycles. The molecule has 1 atom stereocenters. The van der Waals surface area contributed by atoms with Crippen LogP contribution in [-0.2, 0) is 25.3 Å². The number of nitrogens with two attached hydrogens (primary N) is 1. The number of nitrogens with zero attached hydrogens (tertiary/aromatic N) is 3. The average molecular weight is 256 g/mol. The molecule has 3 rings (SSSR count). The highest BCUT2D eigenvalue weighted by Gasteiger charge is 2.36. The number of benzene rings is 1. The fraction of sp³-hybridized carbons (Fsp3) is 0.467. The van der Waals surface area contributed by atoms with Gasteiger partial charge in [-0.2, -0.15) is 0 Å². The Morgan fingerprint density at radius 3 is 2.95 bits per heavy atom. The topological polar surface area (TPSA) is 56.7 Å². The van der Waals surface area contributed by atoms with Crippen molar-refractivity contribution in [2.75, 3.05) is 6.54 Å². The molecule has 0 aliphatic heterocycles. The van der Waals surface area contributed by atoms with Crippen LogP contribution in [0.25, 0.3) is 0 Å². The van der Waals surface area contributed by atoms with Crippen LogP contribution in [0.2, 0.25) is 0 Å². The number of rotatable bonds is 3. The Labute approximate surface area is 113 Å². The Morgan fingerprint density at radius 2 is 2.21 bits per heavy atom. The number of aromatic nitrogens is 3. The van der Waals surface area contributed by atoms with E-state index in [1.54, 1.807) is 4.68 Å². The summed E-state index contributed by atoms with van der Waals surface area (Å²) in [6.07, 6.45) is 6.38. The van der Waals surface area contributed by atoms with Crippen LogP contribution >= 0.6 is 0 Å². The van der Waals surface area contributed by atoms with Crippen molar-refractivity contribution in [2.24, 2.45) is 12.8 Å². The predicted octanol–water partition coefficient (Wildman–Crippen LogP) is 1.59. The average Bonchev–Trinajstić information content (AvgIpc) is 2.84. The van der Waals surface area contributed by atoms with E-state index >= 15 is 0 Å². The van der Waals surface area contributed by atoms with Crippen LogP contribution in [-0.4, -0.2) is 21.5 Å². The molecule has 1 aliphatic rings. The molecule has 4 heteroatoms. The van der Waals surface area contributed by atoms with Crippen molar-refractivity contribution in [1.82, 2.24) is 15.0 Å². The molecule has 1 aromatic carbocycles. The molecule has 19 heavy (non-hydrogen) atoms. The van der Waals surface area contributed by atoms with Gasteiger partial charge in [-0.1, -0.05) is 29.5 Å². The molecule has 1 aliphatic carbocycles. The summed E-state index contributed by atoms with van der Waals surface area (Å²) in [4.78, 5) is 0. The second kappa shape index (κ2) is 4.78. The minimum absolute atomic E-state index is 0.0326. The van der Waals surface area contributed by atoms with Crippen molar-refractivity contribution < 1.29 is 0 Å². The zero-order valence-electron chi connectivity index (χ0n) is 11.3. The molecule has 1 unspecified atom stereocenters. The van der Waals surface area contributed by atoms with Crippen LogP contribution in [0.3, 0.4) is 0 Å². The minimum atomic E-state index is 0.0326. The Hall–Kier alpha value is -1.68. The predicted molar refractivity (Wildman–Crippen MR) is 74.8 cm³/mol. The number of aryl methyl sites for hydroxylation is 2. The van der Waals surface area contributed by atoms with Crippen molar-refractivity contribution in [3.8, 4) is 0 Å². The van der Waals surface area contributed by atoms with Gasteiger partial charge in [-0.05, 0) is 30.4 Å². The molecule has 1 heterocycles. The van der Waals surface area contributed by atoms with E-state index in [0.717, 1.165) is 18.5 Å². The summed E-state index contributed by atoms with van der Waals surface area (Å²) in [5, 5.41) is 8.26. The zero-order chi connectivity index (χ0) is 13.3. The van der Waals surface area contributed by atoms with Crippen molar-refractivity contribution >= 4 is 0 Å². The van der Waals surface area contributed by atoms with E-state index < -0.39 is 0 Å². The molecule has 0 bridgehead atoms. The highest BCUT2D eigenvalue weighted by molar-refractivity contribution is 5.38. The Bertz CT molecular complexity index is 575. The summed E-state index contributed by atoms with van der Waals surface area (Å²) in [5.74, 6) is 0. The second-order valence-electron chi connectivity index (χ2n) is 5.56. The van der Waals surface area contributed by atoms with Gasteiger partial charge < -0.3 is 5.73 Å². The van der Waals surface area contributed by atoms with E-state index in [-0.39, 0.29) is 5.41 Å². The van der Waals surface area contributed by atoms with E-state index in [0.29, 0.717) is 6.54 Å². The summed E-state index contributed by atoms with van der Waals surface area (Å²) in [7, 11) is 1.90. The molecule has 100 valence electrons. The van der Waals surface area contributed by atoms with Crippen LogP contribution < -0.4 is 5.73 Å². The summed E-state index contributed by atoms with van der Waals surface area (Å²) in [6.45, 7) is 0.667. The summed E-state index contributed by atoms with van der Waals surface area (Å²) in [6, 6.07) is 8.70. The third kappa shape index (κ3) is 2.16. The molecule has 0 amide bonds. The maximum absolute atomic E-state index is 6.15. The van der Waals surface area contributed by atoms with Crippen LogP contribution in [0.4, 0.5) is 0 Å². The monoisotopic (exact) mass is 256 g/mol. The SMILES string of the molecule is Cn1cc(CC2(CN)CCCc3ccccc32)nn1. The molecule has 4 nitrogen and oxygen atoms in total. The Morgan fingerprint density at radius 1 is 1.37 bits per heavy atom. The molecule has 2 N–H and O–H groups in total. The highest BCUT2D eigenvalue weighted by Crippen LogP contribution is 2.38. The van der Waals surface area contributed by atoms with Crippen LogP contribution in [0, 0.1) is 0 Å². The van der Waals surface area contributed by atoms with Gasteiger partial charge in [0.15, 0.2) is 0 Å². The Kier molecular flexibility index (Phi) is 3.11. The first-order valence-electron chi connectivity index (χ1n) is 6.87. The zero-order valence-corrected chi connectivity index (χ0v) is 11.3. The first-order valence-corrected chi connectivity index (χ1v) is 6.87. The van der Waals surface area contributed by atoms with E-state index in [4.69, 9.17) is 5.73 Å². The third-order valence-corrected chi connectivity index (χ3v) is 4.25. The quantitative estimate of drug-likeness (QED) is 0.907. The largest absolute Gasteiger partial charge is 0.330 e. The standard InChI is InChI=1S/C15H20N4/c1-19-10-13(17-18-19)9-15(11-16)8-4-6-12-5-2-3-7-14(12)15/h2-3,5,7,10H,4,6,8-9,11,16H2,1H3. The van der Waals surface area contributed by atoms with Gasteiger partial charge in [0.1, 0.15) is 0 Å². The summed E-state index contributed by atoms with van der Waals surface area (Å²) >= 11 is 0. The lowest BCUT2D eigenvalue weighted by Crippen LogP contribution is -2.40. The van der Waals surface area contributed by atoms with Crippen LogP contribution in [0.15, 0.2) is 30.5 Å². The third-order valence-electron chi connectivity index (χ3n) is 4.25. The normalized spacial score (nSPS) is 22.2. The molecule has 0 saturated heterocycles. The molecule has 0 radical (unpaired) electrons. The first kappa shape index (κ1) is 12.4. The van der Waals surface area contributed by atoms with Gasteiger partial charge in [0.05, 0.1) is 5.69 Å². The van der Waals surface area contributed by atoms with Crippen molar-refractivity contribution in [1.29, 1.82) is 0 Å². The lowest BCUT2D eigenvalue weighted by Gasteiger charge is -2.38. The lowest BCUT2D eigenvalue weighted by atomic mass is 9.67. The van der Waals surface area contributed by atoms with Gasteiger partial charge in [-0.25, -0.2) is 0 Å². The lowest BCUT2D eigenvalue weighted by molar-refractivity contribution is 0.362. The summed E-state index contributed by atoms with van der Waals surface area (Å²) in [5.41, 5.74) is 10.1. The number of hydrogen-bond donors (Lipinski definition) is 1. The van der Waals surface area contributed by atoms with Crippen molar-refractivity contribution in [3.63, 3.8) is 0 Å².